The van der Waals surface area contributed by atoms with Crippen molar-refractivity contribution in [2.24, 2.45) is 22.2 Å². The number of ether oxygens (including phenoxy) is 3. The molecule has 7 aliphatic rings. The van der Waals surface area contributed by atoms with Crippen LogP contribution in [0.2, 0.25) is 10.0 Å². The van der Waals surface area contributed by atoms with Crippen molar-refractivity contribution in [2.45, 2.75) is 90.1 Å². The Labute approximate surface area is 594 Å². The smallest absolute Gasteiger partial charge is 0.326 e. The van der Waals surface area contributed by atoms with Crippen molar-refractivity contribution >= 4 is 76.0 Å². The number of amidine groups is 1. The number of hydrogen-bond acceptors (Lipinski definition) is 17. The summed E-state index contributed by atoms with van der Waals surface area (Å²) < 4.78 is 49.2. The molecule has 4 aromatic carbocycles. The fraction of sp³-hybridized carbons (Fsp3) is 0.534. The van der Waals surface area contributed by atoms with Gasteiger partial charge in [0.05, 0.1) is 68.9 Å². The van der Waals surface area contributed by atoms with Crippen molar-refractivity contribution in [2.75, 3.05) is 160 Å². The van der Waals surface area contributed by atoms with E-state index in [0.29, 0.717) is 134 Å². The molecule has 0 saturated carbocycles. The molecule has 12 rings (SSSR count). The molecule has 8 heterocycles. The third kappa shape index (κ3) is 17.7. The number of methoxy groups -OCH3 is 1. The maximum atomic E-state index is 15.8. The Morgan fingerprint density at radius 3 is 2.11 bits per heavy atom. The number of fused-ring (bicyclic) bond motifs is 1. The number of likely N-dealkylation sites (tertiary alicyclic amines) is 3. The molecule has 100 heavy (non-hydrogen) atoms. The number of carbonyl (C=O) groups excluding carboxylic acids is 5. The molecule has 5 aromatic rings. The standard InChI is InChI=1S/C73H93Cl2F2N15O8/c1-48(2)100-61-34-56(98-5)15-16-57(61)70-83-68(49-7-11-54(74)12-8-49)69(50-9-13-55(75)14-10-50)92(70)71(97)90-29-28-89(67(96)45-90)43-65(94)80-23-31-99-32-30-86-38-52-40-87(41-53(52)39-86)42-64(93)79-22-6-21-78-62-36-63(82-47-81-62)88-26-19-73(20-27-88)46-91(44-66(95)84-73)60-35-58(76)51(33-59(60)77)37-85-24-17-72(3,4)18-25-85/h7-16,33-36,47-48,52-53,68-69H,6,17-32,37-46H2,1-5H3,(H,79,93)(H,80,94)(H,84,95)(H,78,81,82)/t52-,53+,68-,69+/m0/s1. The number of aromatic nitrogens is 2. The zero-order chi connectivity index (χ0) is 70.2. The first-order valence-corrected chi connectivity index (χ1v) is 35.8. The van der Waals surface area contributed by atoms with Gasteiger partial charge in [-0.05, 0) is 130 Å². The van der Waals surface area contributed by atoms with E-state index in [1.54, 1.807) is 53.3 Å². The van der Waals surface area contributed by atoms with E-state index in [1.807, 2.05) is 50.2 Å². The molecule has 7 aliphatic heterocycles. The summed E-state index contributed by atoms with van der Waals surface area (Å²) in [4.78, 5) is 98.0. The lowest BCUT2D eigenvalue weighted by Crippen LogP contribution is -2.66. The Bertz CT molecular complexity index is 3750. The average Bonchev–Trinajstić information content (AvgIpc) is 1.36. The number of nitrogens with one attached hydrogen (secondary N) is 4. The minimum absolute atomic E-state index is 0.000198. The van der Waals surface area contributed by atoms with Crippen LogP contribution in [0.15, 0.2) is 96.2 Å². The first kappa shape index (κ1) is 71.9. The van der Waals surface area contributed by atoms with E-state index in [2.05, 4.69) is 64.7 Å². The number of halogens is 4. The molecular formula is C73H93Cl2F2N15O8. The van der Waals surface area contributed by atoms with Crippen LogP contribution in [0.4, 0.5) is 30.9 Å². The average molecular weight is 1420 g/mol. The number of piperidine rings is 2. The number of carbonyl (C=O) groups is 5. The Kier molecular flexibility index (Phi) is 23.0. The van der Waals surface area contributed by atoms with E-state index >= 15 is 13.6 Å². The second-order valence-electron chi connectivity index (χ2n) is 28.7. The summed E-state index contributed by atoms with van der Waals surface area (Å²) in [6.07, 6.45) is 5.23. The minimum atomic E-state index is -0.658. The Balaban J connectivity index is 0.523. The maximum Gasteiger partial charge on any atom is 0.326 e. The molecule has 23 nitrogen and oxygen atoms in total. The van der Waals surface area contributed by atoms with Crippen LogP contribution in [0.1, 0.15) is 94.1 Å². The van der Waals surface area contributed by atoms with Gasteiger partial charge in [0.2, 0.25) is 23.6 Å². The normalized spacial score (nSPS) is 21.7. The summed E-state index contributed by atoms with van der Waals surface area (Å²) in [5, 5.41) is 13.6. The number of aliphatic imine (C=N–C) groups is 1. The van der Waals surface area contributed by atoms with Crippen molar-refractivity contribution < 1.29 is 47.0 Å². The lowest BCUT2D eigenvalue weighted by Gasteiger charge is -2.48. The van der Waals surface area contributed by atoms with Gasteiger partial charge in [-0.15, -0.1) is 0 Å². The largest absolute Gasteiger partial charge is 0.497 e. The van der Waals surface area contributed by atoms with Gasteiger partial charge in [0.25, 0.3) is 0 Å². The van der Waals surface area contributed by atoms with E-state index in [4.69, 9.17) is 42.4 Å². The molecule has 6 amide bonds. The van der Waals surface area contributed by atoms with Crippen LogP contribution < -0.4 is 40.5 Å². The predicted molar refractivity (Wildman–Crippen MR) is 380 cm³/mol. The molecule has 4 N–H and O–H groups in total. The van der Waals surface area contributed by atoms with Gasteiger partial charge in [0, 0.05) is 125 Å². The summed E-state index contributed by atoms with van der Waals surface area (Å²) in [7, 11) is 1.57. The van der Waals surface area contributed by atoms with E-state index in [-0.39, 0.29) is 80.1 Å². The van der Waals surface area contributed by atoms with Gasteiger partial charge >= 0.3 is 6.03 Å². The molecule has 0 aliphatic carbocycles. The van der Waals surface area contributed by atoms with Gasteiger partial charge in [0.1, 0.15) is 59.5 Å². The molecular weight excluding hydrogens is 1320 g/mol. The molecule has 6 saturated heterocycles. The van der Waals surface area contributed by atoms with Crippen LogP contribution in [-0.2, 0) is 30.5 Å². The SMILES string of the molecule is COc1ccc(C2=N[C@@H](c3ccc(Cl)cc3)[C@@H](c3ccc(Cl)cc3)N2C(=O)N2CCN(CC(=O)NCCOCCN3C[C@@H]4CN(CC(=O)NCCCNc5cc(N6CCC7(CC6)CN(c6cc(F)c(CN8CCC(C)(C)CC8)cc6F)CC(=O)N7)ncn5)C[C@@H]4C3)C(=O)C2)c(OC(C)C)c1. The second kappa shape index (κ2) is 31.9. The van der Waals surface area contributed by atoms with Crippen molar-refractivity contribution in [3.8, 4) is 11.5 Å². The fourth-order valence-corrected chi connectivity index (χ4v) is 15.2. The van der Waals surface area contributed by atoms with E-state index in [0.717, 1.165) is 75.6 Å². The van der Waals surface area contributed by atoms with E-state index in [1.165, 1.54) is 28.3 Å². The number of rotatable bonds is 25. The molecule has 0 bridgehead atoms. The number of hydrogen-bond donors (Lipinski definition) is 4. The quantitative estimate of drug-likeness (QED) is 0.0408. The highest BCUT2D eigenvalue weighted by molar-refractivity contribution is 6.30. The topological polar surface area (TPSA) is 225 Å². The molecule has 0 unspecified atom stereocenters. The van der Waals surface area contributed by atoms with E-state index in [9.17, 15) is 19.2 Å². The van der Waals surface area contributed by atoms with Crippen LogP contribution in [-0.4, -0.2) is 231 Å². The molecule has 1 aromatic heterocycles. The molecule has 536 valence electrons. The third-order valence-corrected chi connectivity index (χ3v) is 21.0. The van der Waals surface area contributed by atoms with Crippen LogP contribution >= 0.6 is 23.2 Å². The summed E-state index contributed by atoms with van der Waals surface area (Å²) >= 11 is 12.8. The summed E-state index contributed by atoms with van der Waals surface area (Å²) in [6.45, 7) is 18.7. The Hall–Kier alpha value is -7.94. The lowest BCUT2D eigenvalue weighted by molar-refractivity contribution is -0.139. The summed E-state index contributed by atoms with van der Waals surface area (Å²) in [5.74, 6) is 1.90. The minimum Gasteiger partial charge on any atom is -0.497 e. The van der Waals surface area contributed by atoms with Crippen molar-refractivity contribution in [1.29, 1.82) is 0 Å². The fourth-order valence-electron chi connectivity index (χ4n) is 15.0. The molecule has 6 fully saturated rings. The predicted octanol–water partition coefficient (Wildman–Crippen LogP) is 7.88. The highest BCUT2D eigenvalue weighted by Crippen LogP contribution is 2.46. The van der Waals surface area contributed by atoms with Crippen molar-refractivity contribution in [3.63, 3.8) is 0 Å². The van der Waals surface area contributed by atoms with Gasteiger partial charge in [-0.1, -0.05) is 61.3 Å². The lowest BCUT2D eigenvalue weighted by atomic mass is 9.82. The van der Waals surface area contributed by atoms with Crippen molar-refractivity contribution in [1.82, 2.24) is 55.3 Å². The third-order valence-electron chi connectivity index (χ3n) is 20.5. The second-order valence-corrected chi connectivity index (χ2v) is 29.6. The molecule has 4 atom stereocenters. The molecule has 0 radical (unpaired) electrons. The van der Waals surface area contributed by atoms with Crippen LogP contribution in [0.3, 0.4) is 0 Å². The van der Waals surface area contributed by atoms with Crippen LogP contribution in [0, 0.1) is 28.9 Å². The Morgan fingerprint density at radius 1 is 0.720 bits per heavy atom. The zero-order valence-electron chi connectivity index (χ0n) is 57.8. The van der Waals surface area contributed by atoms with Gasteiger partial charge in [-0.2, -0.15) is 0 Å². The monoisotopic (exact) mass is 1420 g/mol. The molecule has 1 spiro atoms. The number of urea groups is 1. The first-order valence-electron chi connectivity index (χ1n) is 35.1. The van der Waals surface area contributed by atoms with Gasteiger partial charge in [-0.25, -0.2) is 23.5 Å². The number of benzene rings is 4. The number of nitrogens with zero attached hydrogens (tertiary/aromatic N) is 11. The Morgan fingerprint density at radius 2 is 1.41 bits per heavy atom. The van der Waals surface area contributed by atoms with Crippen molar-refractivity contribution in [3.05, 3.63) is 135 Å². The number of anilines is 3. The zero-order valence-corrected chi connectivity index (χ0v) is 59.3. The highest BCUT2D eigenvalue weighted by atomic mass is 35.5. The summed E-state index contributed by atoms with van der Waals surface area (Å²) in [5.41, 5.74) is 2.28. The first-order chi connectivity index (χ1) is 48.1. The van der Waals surface area contributed by atoms with E-state index < -0.39 is 35.3 Å². The van der Waals surface area contributed by atoms with Gasteiger partial charge in [-0.3, -0.25) is 38.9 Å². The molecule has 27 heteroatoms. The number of piperazine rings is 2. The maximum absolute atomic E-state index is 15.8. The highest BCUT2D eigenvalue weighted by Gasteiger charge is 2.47. The number of amides is 6. The van der Waals surface area contributed by atoms with Crippen LogP contribution in [0.25, 0.3) is 0 Å². The van der Waals surface area contributed by atoms with Gasteiger partial charge < -0.3 is 60.0 Å². The summed E-state index contributed by atoms with van der Waals surface area (Å²) in [6, 6.07) is 22.9. The van der Waals surface area contributed by atoms with Crippen LogP contribution in [0.5, 0.6) is 11.5 Å². The van der Waals surface area contributed by atoms with Gasteiger partial charge in [0.15, 0.2) is 0 Å².